The molecule has 2 rings (SSSR count). The number of rotatable bonds is 5. The minimum Gasteiger partial charge on any atom is -0.303 e. The number of hydrogen-bond acceptors (Lipinski definition) is 1. The summed E-state index contributed by atoms with van der Waals surface area (Å²) in [6, 6.07) is 0.894. The van der Waals surface area contributed by atoms with E-state index in [1.807, 2.05) is 0 Å². The normalized spacial score (nSPS) is 37.4. The van der Waals surface area contributed by atoms with Crippen molar-refractivity contribution < 1.29 is 0 Å². The first kappa shape index (κ1) is 13.4. The summed E-state index contributed by atoms with van der Waals surface area (Å²) in [5.41, 5.74) is 0.809. The zero-order valence-electron chi connectivity index (χ0n) is 12.2. The van der Waals surface area contributed by atoms with Crippen molar-refractivity contribution in [1.29, 1.82) is 0 Å². The summed E-state index contributed by atoms with van der Waals surface area (Å²) < 4.78 is 0. The van der Waals surface area contributed by atoms with Gasteiger partial charge in [-0.25, -0.2) is 0 Å². The molecule has 100 valence electrons. The second kappa shape index (κ2) is 5.73. The van der Waals surface area contributed by atoms with Crippen LogP contribution in [-0.2, 0) is 0 Å². The zero-order valence-corrected chi connectivity index (χ0v) is 12.2. The highest BCUT2D eigenvalue weighted by Crippen LogP contribution is 2.56. The maximum atomic E-state index is 2.61. The molecule has 2 fully saturated rings. The van der Waals surface area contributed by atoms with Crippen LogP contribution in [0.2, 0.25) is 0 Å². The summed E-state index contributed by atoms with van der Waals surface area (Å²) in [6.45, 7) is 5.92. The van der Waals surface area contributed by atoms with Crippen LogP contribution in [0.5, 0.6) is 0 Å². The third-order valence-electron chi connectivity index (χ3n) is 5.36. The van der Waals surface area contributed by atoms with Crippen LogP contribution >= 0.6 is 0 Å². The molecule has 0 unspecified atom stereocenters. The molecule has 0 radical (unpaired) electrons. The lowest BCUT2D eigenvalue weighted by Crippen LogP contribution is -2.45. The predicted molar refractivity (Wildman–Crippen MR) is 75.2 cm³/mol. The van der Waals surface area contributed by atoms with E-state index in [2.05, 4.69) is 25.8 Å². The average molecular weight is 237 g/mol. The summed E-state index contributed by atoms with van der Waals surface area (Å²) in [5, 5.41) is 0. The monoisotopic (exact) mass is 237 g/mol. The van der Waals surface area contributed by atoms with Crippen molar-refractivity contribution in [2.24, 2.45) is 11.3 Å². The number of hydrogen-bond donors (Lipinski definition) is 0. The fourth-order valence-corrected chi connectivity index (χ4v) is 4.38. The van der Waals surface area contributed by atoms with Gasteiger partial charge in [0, 0.05) is 6.04 Å². The molecule has 0 heterocycles. The van der Waals surface area contributed by atoms with Crippen molar-refractivity contribution in [3.8, 4) is 0 Å². The molecule has 2 saturated carbocycles. The largest absolute Gasteiger partial charge is 0.303 e. The minimum absolute atomic E-state index is 0.809. The van der Waals surface area contributed by atoms with E-state index in [0.717, 1.165) is 17.4 Å². The third-order valence-corrected chi connectivity index (χ3v) is 5.36. The molecule has 1 nitrogen and oxygen atoms in total. The Morgan fingerprint density at radius 2 is 1.71 bits per heavy atom. The van der Waals surface area contributed by atoms with Gasteiger partial charge in [0.15, 0.2) is 0 Å². The van der Waals surface area contributed by atoms with Crippen LogP contribution in [0.4, 0.5) is 0 Å². The summed E-state index contributed by atoms with van der Waals surface area (Å²) >= 11 is 0. The highest BCUT2D eigenvalue weighted by Gasteiger charge is 2.45. The molecule has 2 aliphatic rings. The van der Waals surface area contributed by atoms with Gasteiger partial charge in [-0.05, 0) is 69.9 Å². The van der Waals surface area contributed by atoms with E-state index < -0.39 is 0 Å². The number of nitrogens with zero attached hydrogens (tertiary/aromatic N) is 1. The van der Waals surface area contributed by atoms with E-state index in [1.165, 1.54) is 51.5 Å². The highest BCUT2D eigenvalue weighted by atomic mass is 15.1. The third kappa shape index (κ3) is 3.05. The molecule has 0 bridgehead atoms. The van der Waals surface area contributed by atoms with Gasteiger partial charge in [-0.2, -0.15) is 0 Å². The standard InChI is InChI=1S/C16H31N/c1-4-6-14-12-16(13-14)9-7-15(8-10-16)17(3)11-5-2/h14-15H,4-13H2,1-3H3. The van der Waals surface area contributed by atoms with E-state index in [9.17, 15) is 0 Å². The van der Waals surface area contributed by atoms with Gasteiger partial charge < -0.3 is 4.90 Å². The predicted octanol–water partition coefficient (Wildman–Crippen LogP) is 4.47. The first-order valence-electron chi connectivity index (χ1n) is 7.89. The van der Waals surface area contributed by atoms with E-state index in [-0.39, 0.29) is 0 Å². The van der Waals surface area contributed by atoms with Crippen LogP contribution in [0, 0.1) is 11.3 Å². The van der Waals surface area contributed by atoms with Crippen LogP contribution < -0.4 is 0 Å². The maximum absolute atomic E-state index is 2.61. The van der Waals surface area contributed by atoms with Crippen LogP contribution in [0.3, 0.4) is 0 Å². The van der Waals surface area contributed by atoms with Gasteiger partial charge in [0.2, 0.25) is 0 Å². The molecule has 0 atom stereocenters. The second-order valence-corrected chi connectivity index (χ2v) is 6.77. The molecule has 0 N–H and O–H groups in total. The molecule has 0 aromatic carbocycles. The van der Waals surface area contributed by atoms with Gasteiger partial charge >= 0.3 is 0 Å². The Kier molecular flexibility index (Phi) is 4.52. The fourth-order valence-electron chi connectivity index (χ4n) is 4.38. The molecule has 2 aliphatic carbocycles. The molecule has 1 spiro atoms. The van der Waals surface area contributed by atoms with Gasteiger partial charge in [0.1, 0.15) is 0 Å². The van der Waals surface area contributed by atoms with Crippen molar-refractivity contribution in [3.05, 3.63) is 0 Å². The van der Waals surface area contributed by atoms with Gasteiger partial charge in [-0.1, -0.05) is 26.7 Å². The Morgan fingerprint density at radius 1 is 1.06 bits per heavy atom. The molecular formula is C16H31N. The smallest absolute Gasteiger partial charge is 0.00926 e. The molecule has 0 aliphatic heterocycles. The van der Waals surface area contributed by atoms with Crippen molar-refractivity contribution in [3.63, 3.8) is 0 Å². The van der Waals surface area contributed by atoms with Crippen LogP contribution in [0.1, 0.15) is 71.6 Å². The van der Waals surface area contributed by atoms with E-state index in [4.69, 9.17) is 0 Å². The summed E-state index contributed by atoms with van der Waals surface area (Å²) in [6.07, 6.45) is 13.3. The quantitative estimate of drug-likeness (QED) is 0.682. The molecule has 0 aromatic heterocycles. The Bertz CT molecular complexity index is 220. The Morgan fingerprint density at radius 3 is 2.24 bits per heavy atom. The van der Waals surface area contributed by atoms with Crippen LogP contribution in [0.15, 0.2) is 0 Å². The van der Waals surface area contributed by atoms with Crippen LogP contribution in [-0.4, -0.2) is 24.5 Å². The van der Waals surface area contributed by atoms with Gasteiger partial charge in [-0.15, -0.1) is 0 Å². The first-order chi connectivity index (χ1) is 8.19. The van der Waals surface area contributed by atoms with E-state index in [1.54, 1.807) is 12.8 Å². The highest BCUT2D eigenvalue weighted by molar-refractivity contribution is 4.97. The van der Waals surface area contributed by atoms with Crippen molar-refractivity contribution in [2.75, 3.05) is 13.6 Å². The zero-order chi connectivity index (χ0) is 12.3. The molecule has 1 heteroatoms. The maximum Gasteiger partial charge on any atom is 0.00926 e. The van der Waals surface area contributed by atoms with Gasteiger partial charge in [0.25, 0.3) is 0 Å². The van der Waals surface area contributed by atoms with Crippen molar-refractivity contribution in [1.82, 2.24) is 4.90 Å². The topological polar surface area (TPSA) is 3.24 Å². The van der Waals surface area contributed by atoms with Crippen molar-refractivity contribution in [2.45, 2.75) is 77.7 Å². The van der Waals surface area contributed by atoms with Crippen LogP contribution in [0.25, 0.3) is 0 Å². The molecule has 0 amide bonds. The molecule has 17 heavy (non-hydrogen) atoms. The lowest BCUT2D eigenvalue weighted by Gasteiger charge is -2.53. The molecular weight excluding hydrogens is 206 g/mol. The minimum atomic E-state index is 0.809. The summed E-state index contributed by atoms with van der Waals surface area (Å²) in [5.74, 6) is 1.09. The lowest BCUT2D eigenvalue weighted by molar-refractivity contribution is -0.0120. The molecule has 0 saturated heterocycles. The fraction of sp³-hybridized carbons (Fsp3) is 1.00. The van der Waals surface area contributed by atoms with Crippen molar-refractivity contribution >= 4 is 0 Å². The van der Waals surface area contributed by atoms with E-state index >= 15 is 0 Å². The molecule has 0 aromatic rings. The van der Waals surface area contributed by atoms with E-state index in [0.29, 0.717) is 0 Å². The summed E-state index contributed by atoms with van der Waals surface area (Å²) in [7, 11) is 2.33. The van der Waals surface area contributed by atoms with Gasteiger partial charge in [-0.3, -0.25) is 0 Å². The SMILES string of the molecule is CCCC1CC2(CCC(N(C)CCC)CC2)C1. The second-order valence-electron chi connectivity index (χ2n) is 6.77. The Hall–Kier alpha value is -0.0400. The van der Waals surface area contributed by atoms with Gasteiger partial charge in [0.05, 0.1) is 0 Å². The Balaban J connectivity index is 1.72. The lowest BCUT2D eigenvalue weighted by atomic mass is 9.54. The summed E-state index contributed by atoms with van der Waals surface area (Å²) in [4.78, 5) is 2.61. The first-order valence-corrected chi connectivity index (χ1v) is 7.89. The Labute approximate surface area is 108 Å². The average Bonchev–Trinajstić information content (AvgIpc) is 2.28.